The number of amides is 1. The lowest BCUT2D eigenvalue weighted by atomic mass is 10.2. The molecule has 4 nitrogen and oxygen atoms in total. The minimum atomic E-state index is -0.367. The zero-order valence-electron chi connectivity index (χ0n) is 12.2. The first-order chi connectivity index (χ1) is 11.2. The predicted octanol–water partition coefficient (Wildman–Crippen LogP) is 3.73. The average molecular weight is 328 g/mol. The molecule has 1 saturated heterocycles. The molecular formula is C17H13FN2O2S. The van der Waals surface area contributed by atoms with Crippen LogP contribution in [0, 0.1) is 5.82 Å². The molecule has 0 saturated carbocycles. The number of halogens is 1. The summed E-state index contributed by atoms with van der Waals surface area (Å²) < 4.78 is 18.7. The fourth-order valence-corrected chi connectivity index (χ4v) is 2.82. The molecule has 1 aliphatic rings. The van der Waals surface area contributed by atoms with Gasteiger partial charge in [-0.05, 0) is 48.2 Å². The van der Waals surface area contributed by atoms with Crippen LogP contribution in [-0.2, 0) is 4.79 Å². The van der Waals surface area contributed by atoms with E-state index >= 15 is 0 Å². The second-order valence-electron chi connectivity index (χ2n) is 4.70. The van der Waals surface area contributed by atoms with Crippen LogP contribution in [0.1, 0.15) is 5.56 Å². The fourth-order valence-electron chi connectivity index (χ4n) is 1.99. The maximum atomic E-state index is 13.7. The van der Waals surface area contributed by atoms with Crippen LogP contribution in [0.4, 0.5) is 10.1 Å². The molecule has 0 aliphatic carbocycles. The van der Waals surface area contributed by atoms with E-state index in [2.05, 4.69) is 10.3 Å². The number of hydrogen-bond acceptors (Lipinski definition) is 4. The molecule has 0 unspecified atom stereocenters. The van der Waals surface area contributed by atoms with E-state index in [0.29, 0.717) is 21.3 Å². The quantitative estimate of drug-likeness (QED) is 0.874. The van der Waals surface area contributed by atoms with Crippen LogP contribution in [0.15, 0.2) is 58.4 Å². The summed E-state index contributed by atoms with van der Waals surface area (Å²) in [4.78, 5) is 16.7. The van der Waals surface area contributed by atoms with E-state index in [1.54, 1.807) is 49.6 Å². The van der Waals surface area contributed by atoms with Crippen molar-refractivity contribution >= 4 is 34.6 Å². The summed E-state index contributed by atoms with van der Waals surface area (Å²) in [5.74, 6) is 0.0802. The van der Waals surface area contributed by atoms with Gasteiger partial charge in [-0.1, -0.05) is 18.2 Å². The smallest absolute Gasteiger partial charge is 0.264 e. The van der Waals surface area contributed by atoms with Gasteiger partial charge < -0.3 is 10.1 Å². The zero-order valence-corrected chi connectivity index (χ0v) is 13.1. The van der Waals surface area contributed by atoms with Gasteiger partial charge in [0.2, 0.25) is 0 Å². The monoisotopic (exact) mass is 328 g/mol. The molecule has 0 radical (unpaired) electrons. The Morgan fingerprint density at radius 2 is 1.91 bits per heavy atom. The summed E-state index contributed by atoms with van der Waals surface area (Å²) in [7, 11) is 1.59. The second kappa shape index (κ2) is 6.66. The van der Waals surface area contributed by atoms with E-state index in [1.165, 1.54) is 23.9 Å². The lowest BCUT2D eigenvalue weighted by Crippen LogP contribution is -2.19. The molecule has 116 valence electrons. The number of aliphatic imine (C=N–C) groups is 1. The van der Waals surface area contributed by atoms with E-state index in [4.69, 9.17) is 4.74 Å². The number of rotatable bonds is 3. The van der Waals surface area contributed by atoms with Crippen molar-refractivity contribution < 1.29 is 13.9 Å². The Hall–Kier alpha value is -2.60. The number of ether oxygens (including phenoxy) is 1. The molecule has 0 bridgehead atoms. The van der Waals surface area contributed by atoms with Crippen LogP contribution in [0.3, 0.4) is 0 Å². The Morgan fingerprint density at radius 3 is 2.61 bits per heavy atom. The van der Waals surface area contributed by atoms with Crippen LogP contribution in [0.25, 0.3) is 6.08 Å². The third-order valence-corrected chi connectivity index (χ3v) is 4.06. The number of hydrogen-bond donors (Lipinski definition) is 1. The molecule has 2 aromatic carbocycles. The minimum Gasteiger partial charge on any atom is -0.497 e. The number of thioether (sulfide) groups is 1. The fraction of sp³-hybridized carbons (Fsp3) is 0.0588. The SMILES string of the molecule is COc1ccc(N=C2NC(=O)/C(=C\c3ccccc3F)S2)cc1. The summed E-state index contributed by atoms with van der Waals surface area (Å²) in [5.41, 5.74) is 1.07. The van der Waals surface area contributed by atoms with E-state index in [-0.39, 0.29) is 11.7 Å². The van der Waals surface area contributed by atoms with Gasteiger partial charge in [0.1, 0.15) is 11.6 Å². The van der Waals surface area contributed by atoms with Crippen LogP contribution >= 0.6 is 11.8 Å². The van der Waals surface area contributed by atoms with Crippen molar-refractivity contribution in [3.8, 4) is 5.75 Å². The van der Waals surface area contributed by atoms with Gasteiger partial charge in [-0.2, -0.15) is 0 Å². The highest BCUT2D eigenvalue weighted by molar-refractivity contribution is 8.18. The maximum Gasteiger partial charge on any atom is 0.264 e. The average Bonchev–Trinajstić information content (AvgIpc) is 2.90. The van der Waals surface area contributed by atoms with Crippen molar-refractivity contribution in [3.63, 3.8) is 0 Å². The van der Waals surface area contributed by atoms with Crippen molar-refractivity contribution in [1.29, 1.82) is 0 Å². The Balaban J connectivity index is 1.81. The molecule has 2 aromatic rings. The normalized spacial score (nSPS) is 17.6. The predicted molar refractivity (Wildman–Crippen MR) is 90.2 cm³/mol. The third kappa shape index (κ3) is 3.60. The Morgan fingerprint density at radius 1 is 1.17 bits per heavy atom. The Bertz CT molecular complexity index is 800. The van der Waals surface area contributed by atoms with E-state index < -0.39 is 0 Å². The molecule has 23 heavy (non-hydrogen) atoms. The molecule has 1 amide bonds. The van der Waals surface area contributed by atoms with E-state index in [9.17, 15) is 9.18 Å². The van der Waals surface area contributed by atoms with Crippen molar-refractivity contribution in [2.24, 2.45) is 4.99 Å². The number of nitrogens with one attached hydrogen (secondary N) is 1. The van der Waals surface area contributed by atoms with Gasteiger partial charge in [-0.3, -0.25) is 4.79 Å². The van der Waals surface area contributed by atoms with Gasteiger partial charge in [-0.25, -0.2) is 9.38 Å². The van der Waals surface area contributed by atoms with Crippen molar-refractivity contribution in [2.75, 3.05) is 7.11 Å². The first-order valence-corrected chi connectivity index (χ1v) is 7.65. The highest BCUT2D eigenvalue weighted by Gasteiger charge is 2.24. The van der Waals surface area contributed by atoms with Crippen LogP contribution < -0.4 is 10.1 Å². The van der Waals surface area contributed by atoms with Crippen molar-refractivity contribution in [3.05, 3.63) is 64.8 Å². The number of benzene rings is 2. The number of methoxy groups -OCH3 is 1. The number of nitrogens with zero attached hydrogens (tertiary/aromatic N) is 1. The number of amidine groups is 1. The molecule has 1 fully saturated rings. The molecule has 1 aliphatic heterocycles. The topological polar surface area (TPSA) is 50.7 Å². The summed E-state index contributed by atoms with van der Waals surface area (Å²) in [6, 6.07) is 13.5. The largest absolute Gasteiger partial charge is 0.497 e. The van der Waals surface area contributed by atoms with E-state index in [1.807, 2.05) is 0 Å². The van der Waals surface area contributed by atoms with E-state index in [0.717, 1.165) is 5.75 Å². The van der Waals surface area contributed by atoms with Gasteiger partial charge in [0, 0.05) is 5.56 Å². The summed E-state index contributed by atoms with van der Waals surface area (Å²) in [5, 5.41) is 3.13. The Labute approximate surface area is 137 Å². The Kier molecular flexibility index (Phi) is 4.43. The van der Waals surface area contributed by atoms with Crippen molar-refractivity contribution in [1.82, 2.24) is 5.32 Å². The van der Waals surface area contributed by atoms with Gasteiger partial charge in [0.25, 0.3) is 5.91 Å². The standard InChI is InChI=1S/C17H13FN2O2S/c1-22-13-8-6-12(7-9-13)19-17-20-16(21)15(23-17)10-11-4-2-3-5-14(11)18/h2-10H,1H3,(H,19,20,21)/b15-10+. The summed E-state index contributed by atoms with van der Waals surface area (Å²) in [6.07, 6.45) is 1.52. The van der Waals surface area contributed by atoms with Crippen LogP contribution in [-0.4, -0.2) is 18.2 Å². The molecule has 1 heterocycles. The first-order valence-electron chi connectivity index (χ1n) is 6.84. The molecule has 0 aromatic heterocycles. The molecule has 0 spiro atoms. The lowest BCUT2D eigenvalue weighted by molar-refractivity contribution is -0.115. The van der Waals surface area contributed by atoms with Crippen LogP contribution in [0.2, 0.25) is 0 Å². The number of carbonyl (C=O) groups excluding carboxylic acids is 1. The summed E-state index contributed by atoms with van der Waals surface area (Å²) >= 11 is 1.18. The molecule has 6 heteroatoms. The highest BCUT2D eigenvalue weighted by atomic mass is 32.2. The van der Waals surface area contributed by atoms with Crippen LogP contribution in [0.5, 0.6) is 5.75 Å². The van der Waals surface area contributed by atoms with Gasteiger partial charge in [-0.15, -0.1) is 0 Å². The molecular weight excluding hydrogens is 315 g/mol. The van der Waals surface area contributed by atoms with Gasteiger partial charge in [0.05, 0.1) is 17.7 Å². The zero-order chi connectivity index (χ0) is 16.2. The second-order valence-corrected chi connectivity index (χ2v) is 5.73. The lowest BCUT2D eigenvalue weighted by Gasteiger charge is -1.99. The molecule has 0 atom stereocenters. The summed E-state index contributed by atoms with van der Waals surface area (Å²) in [6.45, 7) is 0. The first kappa shape index (κ1) is 15.3. The highest BCUT2D eigenvalue weighted by Crippen LogP contribution is 2.29. The molecule has 3 rings (SSSR count). The van der Waals surface area contributed by atoms with Crippen molar-refractivity contribution in [2.45, 2.75) is 0 Å². The maximum absolute atomic E-state index is 13.7. The molecule has 1 N–H and O–H groups in total. The minimum absolute atomic E-state index is 0.287. The van der Waals surface area contributed by atoms with Gasteiger partial charge >= 0.3 is 0 Å². The number of carbonyl (C=O) groups is 1. The van der Waals surface area contributed by atoms with Gasteiger partial charge in [0.15, 0.2) is 5.17 Å². The third-order valence-electron chi connectivity index (χ3n) is 3.15.